The maximum Gasteiger partial charge on any atom is 0.309 e. The summed E-state index contributed by atoms with van der Waals surface area (Å²) in [6, 6.07) is 0. The van der Waals surface area contributed by atoms with E-state index in [1.54, 1.807) is 20.8 Å². The molecule has 0 spiro atoms. The van der Waals surface area contributed by atoms with E-state index in [1.807, 2.05) is 4.90 Å². The van der Waals surface area contributed by atoms with Crippen molar-refractivity contribution in [3.8, 4) is 0 Å². The van der Waals surface area contributed by atoms with E-state index in [0.717, 1.165) is 26.2 Å². The van der Waals surface area contributed by atoms with Crippen LogP contribution < -0.4 is 0 Å². The first-order valence-corrected chi connectivity index (χ1v) is 12.2. The predicted molar refractivity (Wildman–Crippen MR) is 141 cm³/mol. The highest BCUT2D eigenvalue weighted by Gasteiger charge is 2.28. The molecule has 1 aliphatic heterocycles. The second-order valence-electron chi connectivity index (χ2n) is 10.5. The zero-order valence-corrected chi connectivity index (χ0v) is 24.3. The molecule has 1 amide bonds. The van der Waals surface area contributed by atoms with Gasteiger partial charge in [0.05, 0.1) is 18.3 Å². The average molecular weight is 547 g/mol. The van der Waals surface area contributed by atoms with Crippen LogP contribution in [0, 0.1) is 10.8 Å². The summed E-state index contributed by atoms with van der Waals surface area (Å²) in [7, 11) is 2.08. The minimum absolute atomic E-state index is 0.0463. The Hall–Kier alpha value is -3.15. The van der Waals surface area contributed by atoms with E-state index in [1.165, 1.54) is 34.6 Å². The van der Waals surface area contributed by atoms with Crippen LogP contribution in [0.4, 0.5) is 0 Å². The Labute approximate surface area is 225 Å². The Morgan fingerprint density at radius 1 is 0.632 bits per heavy atom. The van der Waals surface area contributed by atoms with E-state index in [4.69, 9.17) is 15.3 Å². The number of carbonyl (C=O) groups excluding carboxylic acids is 4. The fourth-order valence-corrected chi connectivity index (χ4v) is 2.60. The molecule has 0 radical (unpaired) electrons. The molecule has 0 bridgehead atoms. The summed E-state index contributed by atoms with van der Waals surface area (Å²) in [4.78, 5) is 76.6. The second-order valence-corrected chi connectivity index (χ2v) is 10.5. The lowest BCUT2D eigenvalue weighted by molar-refractivity contribution is -0.149. The van der Waals surface area contributed by atoms with Crippen LogP contribution in [0.3, 0.4) is 0 Å². The number of amides is 1. The first-order valence-electron chi connectivity index (χ1n) is 12.2. The van der Waals surface area contributed by atoms with Crippen LogP contribution in [0.25, 0.3) is 0 Å². The summed E-state index contributed by atoms with van der Waals surface area (Å²) in [6.07, 6.45) is 0.106. The normalized spacial score (nSPS) is 13.2. The molecule has 1 fully saturated rings. The van der Waals surface area contributed by atoms with Gasteiger partial charge in [-0.2, -0.15) is 0 Å². The van der Waals surface area contributed by atoms with Crippen LogP contribution in [0.5, 0.6) is 0 Å². The quantitative estimate of drug-likeness (QED) is 0.385. The number of hydrogen-bond acceptors (Lipinski definition) is 8. The van der Waals surface area contributed by atoms with Gasteiger partial charge in [0, 0.05) is 51.4 Å². The van der Waals surface area contributed by atoms with Crippen LogP contribution in [-0.4, -0.2) is 99.5 Å². The van der Waals surface area contributed by atoms with Gasteiger partial charge in [0.15, 0.2) is 0 Å². The lowest BCUT2D eigenvalue weighted by Gasteiger charge is -2.31. The molecule has 0 aliphatic carbocycles. The number of likely N-dealkylation sites (N-methyl/N-ethyl adjacent to an activating group) is 1. The molecule has 1 rings (SSSR count). The van der Waals surface area contributed by atoms with Crippen molar-refractivity contribution in [3.63, 3.8) is 0 Å². The Kier molecular flexibility index (Phi) is 19.7. The van der Waals surface area contributed by atoms with Gasteiger partial charge >= 0.3 is 17.9 Å². The average Bonchev–Trinajstić information content (AvgIpc) is 2.72. The van der Waals surface area contributed by atoms with Crippen LogP contribution in [-0.2, 0) is 33.6 Å². The molecule has 0 saturated carbocycles. The lowest BCUT2D eigenvalue weighted by Crippen LogP contribution is -2.46. The Morgan fingerprint density at radius 2 is 1.08 bits per heavy atom. The smallest absolute Gasteiger partial charge is 0.309 e. The van der Waals surface area contributed by atoms with Gasteiger partial charge in [-0.1, -0.05) is 13.8 Å². The minimum Gasteiger partial charge on any atom is -0.481 e. The first kappa shape index (κ1) is 39.4. The lowest BCUT2D eigenvalue weighted by atomic mass is 9.85. The van der Waals surface area contributed by atoms with E-state index >= 15 is 0 Å². The van der Waals surface area contributed by atoms with Gasteiger partial charge < -0.3 is 29.9 Å². The molecular weight excluding hydrogens is 500 g/mol. The number of carboxylic acid groups (broad SMARTS) is 3. The zero-order chi connectivity index (χ0) is 30.9. The fourth-order valence-electron chi connectivity index (χ4n) is 2.60. The standard InChI is InChI=1S/C7H14N2O.2C7H12O3.C5H8O3/c1-7(10)9-5-3-8(2)4-6-9;1-5(8)7(2,3)4-6(9)10;1-5(8)4-7(2,3)6(9)10;1-4(6)2-3-5(7)8/h3-6H2,1-2H3;2*4H2,1-3H3,(H,9,10);2-3H2,1H3,(H,7,8). The number of hydrogen-bond donors (Lipinski definition) is 3. The van der Waals surface area contributed by atoms with Crippen molar-refractivity contribution in [2.24, 2.45) is 10.8 Å². The monoisotopic (exact) mass is 546 g/mol. The molecule has 1 aliphatic rings. The molecule has 3 N–H and O–H groups in total. The van der Waals surface area contributed by atoms with Crippen molar-refractivity contribution in [3.05, 3.63) is 0 Å². The van der Waals surface area contributed by atoms with Gasteiger partial charge in [-0.15, -0.1) is 0 Å². The van der Waals surface area contributed by atoms with Gasteiger partial charge in [-0.05, 0) is 41.7 Å². The van der Waals surface area contributed by atoms with E-state index in [9.17, 15) is 33.6 Å². The third kappa shape index (κ3) is 23.3. The number of carbonyl (C=O) groups is 7. The Bertz CT molecular complexity index is 774. The van der Waals surface area contributed by atoms with Crippen molar-refractivity contribution in [2.45, 2.75) is 81.1 Å². The number of carboxylic acids is 3. The van der Waals surface area contributed by atoms with E-state index in [-0.39, 0.29) is 48.9 Å². The number of Topliss-reactive ketones (excluding diaryl/α,β-unsaturated/α-hetero) is 3. The third-order valence-electron chi connectivity index (χ3n) is 5.46. The van der Waals surface area contributed by atoms with Gasteiger partial charge in [-0.3, -0.25) is 28.8 Å². The van der Waals surface area contributed by atoms with Gasteiger partial charge in [0.1, 0.15) is 17.3 Å². The minimum atomic E-state index is -0.930. The fraction of sp³-hybridized carbons (Fsp3) is 0.731. The number of rotatable bonds is 9. The molecule has 220 valence electrons. The van der Waals surface area contributed by atoms with Crippen LogP contribution in [0.2, 0.25) is 0 Å². The highest BCUT2D eigenvalue weighted by molar-refractivity contribution is 5.86. The molecule has 1 saturated heterocycles. The predicted octanol–water partition coefficient (Wildman–Crippen LogP) is 2.37. The topological polar surface area (TPSA) is 187 Å². The third-order valence-corrected chi connectivity index (χ3v) is 5.46. The molecule has 0 atom stereocenters. The van der Waals surface area contributed by atoms with E-state index in [0.29, 0.717) is 0 Å². The van der Waals surface area contributed by atoms with Gasteiger partial charge in [-0.25, -0.2) is 0 Å². The summed E-state index contributed by atoms with van der Waals surface area (Å²) in [5.41, 5.74) is -1.63. The first-order chi connectivity index (χ1) is 17.0. The zero-order valence-electron chi connectivity index (χ0n) is 24.3. The molecule has 1 heterocycles. The van der Waals surface area contributed by atoms with Crippen LogP contribution in [0.1, 0.15) is 81.1 Å². The number of ketones is 3. The summed E-state index contributed by atoms with van der Waals surface area (Å²) in [6.45, 7) is 16.0. The molecule has 0 aromatic heterocycles. The van der Waals surface area contributed by atoms with Crippen molar-refractivity contribution in [2.75, 3.05) is 33.2 Å². The maximum atomic E-state index is 10.8. The molecular formula is C26H46N2O10. The van der Waals surface area contributed by atoms with E-state index < -0.39 is 28.7 Å². The summed E-state index contributed by atoms with van der Waals surface area (Å²) >= 11 is 0. The molecule has 12 nitrogen and oxygen atoms in total. The summed E-state index contributed by atoms with van der Waals surface area (Å²) in [5.74, 6) is -2.83. The molecule has 38 heavy (non-hydrogen) atoms. The van der Waals surface area contributed by atoms with Crippen LogP contribution in [0.15, 0.2) is 0 Å². The highest BCUT2D eigenvalue weighted by atomic mass is 16.4. The van der Waals surface area contributed by atoms with Crippen molar-refractivity contribution < 1.29 is 48.9 Å². The highest BCUT2D eigenvalue weighted by Crippen LogP contribution is 2.21. The van der Waals surface area contributed by atoms with Gasteiger partial charge in [0.25, 0.3) is 0 Å². The Morgan fingerprint density at radius 3 is 1.26 bits per heavy atom. The molecule has 0 unspecified atom stereocenters. The molecule has 0 aromatic carbocycles. The number of aliphatic carboxylic acids is 3. The van der Waals surface area contributed by atoms with Crippen LogP contribution >= 0.6 is 0 Å². The van der Waals surface area contributed by atoms with Crippen molar-refractivity contribution in [1.29, 1.82) is 0 Å². The Balaban J connectivity index is -0.000000432. The van der Waals surface area contributed by atoms with E-state index in [2.05, 4.69) is 11.9 Å². The second kappa shape index (κ2) is 19.0. The van der Waals surface area contributed by atoms with Gasteiger partial charge in [0.2, 0.25) is 5.91 Å². The maximum absolute atomic E-state index is 10.8. The number of piperazine rings is 1. The number of nitrogens with zero attached hydrogens (tertiary/aromatic N) is 2. The van der Waals surface area contributed by atoms with Crippen molar-refractivity contribution >= 4 is 41.2 Å². The molecule has 12 heteroatoms. The van der Waals surface area contributed by atoms with Crippen molar-refractivity contribution in [1.82, 2.24) is 9.80 Å². The summed E-state index contributed by atoms with van der Waals surface area (Å²) in [5, 5.41) is 24.9. The summed E-state index contributed by atoms with van der Waals surface area (Å²) < 4.78 is 0. The molecule has 0 aromatic rings. The largest absolute Gasteiger partial charge is 0.481 e. The SMILES string of the molecule is CC(=O)C(C)(C)CC(=O)O.CC(=O)CC(C)(C)C(=O)O.CC(=O)CCC(=O)O.CC(=O)N1CCN(C)CC1.